The third kappa shape index (κ3) is 5.14. The Hall–Kier alpha value is -2.84. The molecular weight excluding hydrogens is 428 g/mol. The fourth-order valence-electron chi connectivity index (χ4n) is 3.52. The van der Waals surface area contributed by atoms with E-state index in [1.165, 1.54) is 0 Å². The average Bonchev–Trinajstić information content (AvgIpc) is 2.78. The predicted molar refractivity (Wildman–Crippen MR) is 121 cm³/mol. The predicted octanol–water partition coefficient (Wildman–Crippen LogP) is 4.00. The third-order valence-electron chi connectivity index (χ3n) is 5.37. The van der Waals surface area contributed by atoms with Crippen molar-refractivity contribution in [3.05, 3.63) is 83.9 Å². The lowest BCUT2D eigenvalue weighted by molar-refractivity contribution is -0.220. The Morgan fingerprint density at radius 2 is 1.78 bits per heavy atom. The molecule has 1 unspecified atom stereocenters. The monoisotopic (exact) mass is 452 g/mol. The second-order valence-corrected chi connectivity index (χ2v) is 9.04. The molecule has 1 aliphatic heterocycles. The normalized spacial score (nSPS) is 15.6. The van der Waals surface area contributed by atoms with Gasteiger partial charge < -0.3 is 23.9 Å². The van der Waals surface area contributed by atoms with Gasteiger partial charge in [-0.25, -0.2) is 4.79 Å². The van der Waals surface area contributed by atoms with E-state index in [0.717, 1.165) is 27.1 Å². The maximum Gasteiger partial charge on any atom is 0.329 e. The first-order valence-electron chi connectivity index (χ1n) is 10.1. The Kier molecular flexibility index (Phi) is 6.81. The number of hydrogen-bond acceptors (Lipinski definition) is 5. The van der Waals surface area contributed by atoms with Gasteiger partial charge in [-0.2, -0.15) is 0 Å². The molecule has 0 saturated carbocycles. The Labute approximate surface area is 189 Å². The summed E-state index contributed by atoms with van der Waals surface area (Å²) in [6, 6.07) is 23.3. The first-order chi connectivity index (χ1) is 15.4. The van der Waals surface area contributed by atoms with Crippen molar-refractivity contribution in [3.8, 4) is 16.9 Å². The lowest BCUT2D eigenvalue weighted by Crippen LogP contribution is -2.49. The van der Waals surface area contributed by atoms with Crippen LogP contribution in [0.15, 0.2) is 77.7 Å². The Balaban J connectivity index is 1.40. The van der Waals surface area contributed by atoms with E-state index in [9.17, 15) is 9.35 Å². The van der Waals surface area contributed by atoms with Gasteiger partial charge in [0, 0.05) is 0 Å². The van der Waals surface area contributed by atoms with Crippen LogP contribution in [-0.4, -0.2) is 41.7 Å². The summed E-state index contributed by atoms with van der Waals surface area (Å²) in [5.74, 6) is -0.294. The van der Waals surface area contributed by atoms with Gasteiger partial charge in [-0.15, -0.1) is 0 Å². The molecule has 166 valence electrons. The summed E-state index contributed by atoms with van der Waals surface area (Å²) < 4.78 is 28.4. The van der Waals surface area contributed by atoms with E-state index in [4.69, 9.17) is 19.3 Å². The standard InChI is InChI=1S/C25H24O6S/c1-32(28)23-11-5-19(6-12-23)20-4-2-3-18(13-20)14-30-22-9-7-21(8-10-22)25(16-29-17-25)31-15-24(26)27/h2-13H,14-17H2,1H3,(H,26,27). The van der Waals surface area contributed by atoms with Crippen molar-refractivity contribution in [2.24, 2.45) is 0 Å². The molecule has 0 amide bonds. The zero-order valence-electron chi connectivity index (χ0n) is 17.7. The van der Waals surface area contributed by atoms with Crippen molar-refractivity contribution >= 4 is 17.1 Å². The van der Waals surface area contributed by atoms with Crippen LogP contribution in [0.25, 0.3) is 11.1 Å². The van der Waals surface area contributed by atoms with Gasteiger partial charge in [-0.3, -0.25) is 0 Å². The van der Waals surface area contributed by atoms with Gasteiger partial charge in [0.05, 0.1) is 13.2 Å². The van der Waals surface area contributed by atoms with Crippen molar-refractivity contribution in [1.82, 2.24) is 0 Å². The molecule has 1 aliphatic rings. The van der Waals surface area contributed by atoms with E-state index < -0.39 is 22.7 Å². The van der Waals surface area contributed by atoms with Gasteiger partial charge in [0.15, 0.2) is 4.90 Å². The smallest absolute Gasteiger partial charge is 0.329 e. The highest BCUT2D eigenvalue weighted by Crippen LogP contribution is 2.34. The van der Waals surface area contributed by atoms with E-state index in [2.05, 4.69) is 6.07 Å². The SMILES string of the molecule is C[S+]([O-])c1ccc(-c2cccc(COc3ccc(C4(OCC(=O)O)COC4)cc3)c2)cc1. The number of aliphatic carboxylic acids is 1. The summed E-state index contributed by atoms with van der Waals surface area (Å²) in [5, 5.41) is 8.89. The van der Waals surface area contributed by atoms with Crippen LogP contribution in [0.5, 0.6) is 5.75 Å². The summed E-state index contributed by atoms with van der Waals surface area (Å²) in [5.41, 5.74) is 3.32. The van der Waals surface area contributed by atoms with Crippen molar-refractivity contribution in [1.29, 1.82) is 0 Å². The van der Waals surface area contributed by atoms with Crippen molar-refractivity contribution in [2.75, 3.05) is 26.1 Å². The molecule has 1 N–H and O–H groups in total. The molecular formula is C25H24O6S. The van der Waals surface area contributed by atoms with Gasteiger partial charge in [-0.05, 0) is 75.9 Å². The Bertz CT molecular complexity index is 1060. The number of carbonyl (C=O) groups is 1. The molecule has 0 aliphatic carbocycles. The van der Waals surface area contributed by atoms with Crippen molar-refractivity contribution < 1.29 is 28.7 Å². The van der Waals surface area contributed by atoms with E-state index in [1.54, 1.807) is 6.26 Å². The summed E-state index contributed by atoms with van der Waals surface area (Å²) in [6.07, 6.45) is 1.67. The molecule has 4 rings (SSSR count). The van der Waals surface area contributed by atoms with Crippen LogP contribution in [0.2, 0.25) is 0 Å². The summed E-state index contributed by atoms with van der Waals surface area (Å²) in [6.45, 7) is 0.718. The minimum absolute atomic E-state index is 0.336. The second-order valence-electron chi connectivity index (χ2n) is 7.66. The molecule has 1 fully saturated rings. The van der Waals surface area contributed by atoms with Crippen LogP contribution in [0.1, 0.15) is 11.1 Å². The van der Waals surface area contributed by atoms with Gasteiger partial charge in [0.25, 0.3) is 0 Å². The van der Waals surface area contributed by atoms with Gasteiger partial charge in [0.1, 0.15) is 30.8 Å². The lowest BCUT2D eigenvalue weighted by Gasteiger charge is -2.41. The number of ether oxygens (including phenoxy) is 3. The number of carboxylic acid groups (broad SMARTS) is 1. The molecule has 6 nitrogen and oxygen atoms in total. The van der Waals surface area contributed by atoms with Crippen LogP contribution in [0, 0.1) is 0 Å². The molecule has 1 saturated heterocycles. The van der Waals surface area contributed by atoms with Crippen LogP contribution < -0.4 is 4.74 Å². The van der Waals surface area contributed by atoms with Crippen LogP contribution in [0.3, 0.4) is 0 Å². The number of rotatable bonds is 9. The lowest BCUT2D eigenvalue weighted by atomic mass is 9.91. The second kappa shape index (κ2) is 9.75. The highest BCUT2D eigenvalue weighted by Gasteiger charge is 2.42. The molecule has 32 heavy (non-hydrogen) atoms. The number of carboxylic acids is 1. The molecule has 0 aromatic heterocycles. The number of benzene rings is 3. The molecule has 0 bridgehead atoms. The van der Waals surface area contributed by atoms with E-state index in [-0.39, 0.29) is 6.61 Å². The minimum Gasteiger partial charge on any atom is -0.612 e. The fourth-order valence-corrected chi connectivity index (χ4v) is 4.04. The quantitative estimate of drug-likeness (QED) is 0.494. The molecule has 1 atom stereocenters. The molecule has 0 spiro atoms. The first kappa shape index (κ1) is 22.4. The molecule has 7 heteroatoms. The molecule has 0 radical (unpaired) electrons. The average molecular weight is 453 g/mol. The van der Waals surface area contributed by atoms with Crippen molar-refractivity contribution in [2.45, 2.75) is 17.1 Å². The Morgan fingerprint density at radius 3 is 2.38 bits per heavy atom. The summed E-state index contributed by atoms with van der Waals surface area (Å²) in [4.78, 5) is 11.7. The fraction of sp³-hybridized carbons (Fsp3) is 0.240. The van der Waals surface area contributed by atoms with Crippen LogP contribution in [0.4, 0.5) is 0 Å². The van der Waals surface area contributed by atoms with Crippen LogP contribution >= 0.6 is 0 Å². The first-order valence-corrected chi connectivity index (χ1v) is 11.7. The van der Waals surface area contributed by atoms with E-state index >= 15 is 0 Å². The summed E-state index contributed by atoms with van der Waals surface area (Å²) in [7, 11) is 0. The third-order valence-corrected chi connectivity index (χ3v) is 6.31. The highest BCUT2D eigenvalue weighted by atomic mass is 32.2. The van der Waals surface area contributed by atoms with Gasteiger partial charge in [-0.1, -0.05) is 30.3 Å². The zero-order valence-corrected chi connectivity index (χ0v) is 18.5. The van der Waals surface area contributed by atoms with Gasteiger partial charge >= 0.3 is 5.97 Å². The van der Waals surface area contributed by atoms with Gasteiger partial charge in [0.2, 0.25) is 0 Å². The molecule has 1 heterocycles. The largest absolute Gasteiger partial charge is 0.612 e. The topological polar surface area (TPSA) is 88.0 Å². The summed E-state index contributed by atoms with van der Waals surface area (Å²) >= 11 is -0.991. The van der Waals surface area contributed by atoms with Crippen molar-refractivity contribution in [3.63, 3.8) is 0 Å². The maximum absolute atomic E-state index is 11.6. The van der Waals surface area contributed by atoms with E-state index in [1.807, 2.05) is 66.7 Å². The van der Waals surface area contributed by atoms with E-state index in [0.29, 0.717) is 25.6 Å². The highest BCUT2D eigenvalue weighted by molar-refractivity contribution is 7.90. The zero-order chi connectivity index (χ0) is 22.6. The maximum atomic E-state index is 11.6. The number of hydrogen-bond donors (Lipinski definition) is 1. The Morgan fingerprint density at radius 1 is 1.06 bits per heavy atom. The molecule has 3 aromatic rings. The minimum atomic E-state index is -1.00. The van der Waals surface area contributed by atoms with Crippen LogP contribution in [-0.2, 0) is 37.7 Å². The molecule has 3 aromatic carbocycles.